The van der Waals surface area contributed by atoms with Crippen molar-refractivity contribution in [2.45, 2.75) is 71.1 Å². The van der Waals surface area contributed by atoms with Crippen molar-refractivity contribution in [3.05, 3.63) is 0 Å². The number of hydrogen-bond donors (Lipinski definition) is 2. The highest BCUT2D eigenvalue weighted by molar-refractivity contribution is 5.68. The van der Waals surface area contributed by atoms with E-state index in [-0.39, 0.29) is 12.1 Å². The molecular weight excluding hydrogens is 278 g/mol. The summed E-state index contributed by atoms with van der Waals surface area (Å²) in [7, 11) is 0. The van der Waals surface area contributed by atoms with E-state index >= 15 is 0 Å². The largest absolute Gasteiger partial charge is 0.444 e. The van der Waals surface area contributed by atoms with Crippen LogP contribution >= 0.6 is 0 Å². The molecule has 0 aromatic heterocycles. The second-order valence-electron chi connectivity index (χ2n) is 7.80. The Morgan fingerprint density at radius 3 is 2.36 bits per heavy atom. The Labute approximate surface area is 135 Å². The Hall–Kier alpha value is -0.810. The third kappa shape index (κ3) is 5.76. The van der Waals surface area contributed by atoms with E-state index < -0.39 is 5.60 Å². The van der Waals surface area contributed by atoms with E-state index in [4.69, 9.17) is 4.74 Å². The zero-order valence-corrected chi connectivity index (χ0v) is 14.7. The van der Waals surface area contributed by atoms with Gasteiger partial charge in [-0.05, 0) is 78.6 Å². The molecule has 2 N–H and O–H groups in total. The molecule has 0 spiro atoms. The Morgan fingerprint density at radius 1 is 1.18 bits per heavy atom. The maximum atomic E-state index is 11.7. The van der Waals surface area contributed by atoms with Crippen LogP contribution in [-0.4, -0.2) is 54.9 Å². The number of hydrogen-bond acceptors (Lipinski definition) is 4. The molecule has 0 atom stereocenters. The second kappa shape index (κ2) is 7.64. The van der Waals surface area contributed by atoms with Crippen LogP contribution in [0.5, 0.6) is 0 Å². The molecule has 1 heterocycles. The monoisotopic (exact) mass is 311 g/mol. The molecule has 5 heteroatoms. The van der Waals surface area contributed by atoms with Crippen molar-refractivity contribution in [2.24, 2.45) is 5.92 Å². The van der Waals surface area contributed by atoms with E-state index in [9.17, 15) is 4.79 Å². The number of amides is 1. The van der Waals surface area contributed by atoms with E-state index in [0.29, 0.717) is 6.04 Å². The van der Waals surface area contributed by atoms with Crippen LogP contribution in [-0.2, 0) is 4.74 Å². The average Bonchev–Trinajstić information content (AvgIpc) is 2.39. The molecule has 128 valence electrons. The fraction of sp³-hybridized carbons (Fsp3) is 0.941. The molecule has 0 unspecified atom stereocenters. The lowest BCUT2D eigenvalue weighted by molar-refractivity contribution is 0.0463. The first-order valence-electron chi connectivity index (χ1n) is 8.81. The fourth-order valence-corrected chi connectivity index (χ4v) is 3.22. The predicted molar refractivity (Wildman–Crippen MR) is 89.0 cm³/mol. The molecule has 1 saturated heterocycles. The lowest BCUT2D eigenvalue weighted by atomic mass is 9.86. The molecule has 5 nitrogen and oxygen atoms in total. The quantitative estimate of drug-likeness (QED) is 0.818. The minimum atomic E-state index is -0.418. The van der Waals surface area contributed by atoms with Gasteiger partial charge in [0.1, 0.15) is 5.60 Å². The van der Waals surface area contributed by atoms with Gasteiger partial charge in [0.05, 0.1) is 0 Å². The van der Waals surface area contributed by atoms with Gasteiger partial charge in [0.25, 0.3) is 0 Å². The third-order valence-electron chi connectivity index (χ3n) is 4.71. The third-order valence-corrected chi connectivity index (χ3v) is 4.71. The first-order valence-corrected chi connectivity index (χ1v) is 8.81. The summed E-state index contributed by atoms with van der Waals surface area (Å²) in [6.07, 6.45) is 4.38. The van der Waals surface area contributed by atoms with E-state index in [1.807, 2.05) is 20.8 Å². The van der Waals surface area contributed by atoms with Gasteiger partial charge in [-0.25, -0.2) is 4.79 Å². The van der Waals surface area contributed by atoms with Gasteiger partial charge in [0.15, 0.2) is 0 Å². The van der Waals surface area contributed by atoms with Crippen molar-refractivity contribution in [3.8, 4) is 0 Å². The molecule has 1 amide bonds. The summed E-state index contributed by atoms with van der Waals surface area (Å²) >= 11 is 0. The van der Waals surface area contributed by atoms with Crippen LogP contribution in [0, 0.1) is 5.92 Å². The van der Waals surface area contributed by atoms with Crippen molar-refractivity contribution in [1.82, 2.24) is 15.5 Å². The van der Waals surface area contributed by atoms with E-state index in [1.165, 1.54) is 32.5 Å². The molecule has 2 aliphatic rings. The lowest BCUT2D eigenvalue weighted by Gasteiger charge is -2.38. The number of likely N-dealkylation sites (tertiary alicyclic amines) is 1. The zero-order chi connectivity index (χ0) is 16.2. The highest BCUT2D eigenvalue weighted by Crippen LogP contribution is 2.22. The average molecular weight is 311 g/mol. The van der Waals surface area contributed by atoms with Crippen LogP contribution in [0.25, 0.3) is 0 Å². The van der Waals surface area contributed by atoms with Gasteiger partial charge >= 0.3 is 6.09 Å². The molecule has 0 radical (unpaired) electrons. The second-order valence-corrected chi connectivity index (χ2v) is 7.80. The number of ether oxygens (including phenoxy) is 1. The maximum Gasteiger partial charge on any atom is 0.407 e. The van der Waals surface area contributed by atoms with Crippen LogP contribution in [0.3, 0.4) is 0 Å². The van der Waals surface area contributed by atoms with Gasteiger partial charge in [-0.2, -0.15) is 0 Å². The van der Waals surface area contributed by atoms with E-state index in [0.717, 1.165) is 25.3 Å². The van der Waals surface area contributed by atoms with Gasteiger partial charge in [-0.15, -0.1) is 0 Å². The summed E-state index contributed by atoms with van der Waals surface area (Å²) in [5.41, 5.74) is -0.418. The first-order chi connectivity index (χ1) is 10.4. The molecule has 0 bridgehead atoms. The minimum Gasteiger partial charge on any atom is -0.444 e. The van der Waals surface area contributed by atoms with Gasteiger partial charge in [0.2, 0.25) is 0 Å². The number of carbonyl (C=O) groups is 1. The van der Waals surface area contributed by atoms with Gasteiger partial charge in [-0.3, -0.25) is 0 Å². The molecular formula is C17H33N3O2. The van der Waals surface area contributed by atoms with Crippen molar-refractivity contribution >= 4 is 6.09 Å². The molecule has 2 fully saturated rings. The molecule has 1 aliphatic carbocycles. The van der Waals surface area contributed by atoms with Crippen molar-refractivity contribution in [2.75, 3.05) is 26.2 Å². The van der Waals surface area contributed by atoms with Gasteiger partial charge in [0, 0.05) is 12.1 Å². The summed E-state index contributed by atoms with van der Waals surface area (Å²) in [6, 6.07) is 0.832. The van der Waals surface area contributed by atoms with Gasteiger partial charge < -0.3 is 20.3 Å². The highest BCUT2D eigenvalue weighted by atomic mass is 16.6. The van der Waals surface area contributed by atoms with Crippen LogP contribution in [0.2, 0.25) is 0 Å². The fourth-order valence-electron chi connectivity index (χ4n) is 3.22. The summed E-state index contributed by atoms with van der Waals surface area (Å²) in [5.74, 6) is 0.820. The minimum absolute atomic E-state index is 0.272. The van der Waals surface area contributed by atoms with Crippen molar-refractivity contribution in [3.63, 3.8) is 0 Å². The Morgan fingerprint density at radius 2 is 1.82 bits per heavy atom. The number of alkyl carbamates (subject to hydrolysis) is 1. The Bertz CT molecular complexity index is 353. The number of carbonyl (C=O) groups excluding carboxylic acids is 1. The molecule has 0 aromatic carbocycles. The number of piperidine rings is 1. The summed E-state index contributed by atoms with van der Waals surface area (Å²) in [6.45, 7) is 12.7. The Kier molecular flexibility index (Phi) is 6.09. The standard InChI is InChI=1S/C17H33N3O2/c1-5-20-8-6-13(7-9-20)12-18-14-10-15(11-14)19-16(21)22-17(2,3)4/h13-15,18H,5-12H2,1-4H3,(H,19,21). The molecule has 2 rings (SSSR count). The van der Waals surface area contributed by atoms with E-state index in [1.54, 1.807) is 0 Å². The number of nitrogens with zero attached hydrogens (tertiary/aromatic N) is 1. The number of rotatable bonds is 5. The van der Waals surface area contributed by atoms with Crippen LogP contribution < -0.4 is 10.6 Å². The summed E-state index contributed by atoms with van der Waals surface area (Å²) in [5, 5.41) is 6.61. The molecule has 1 saturated carbocycles. The number of nitrogens with one attached hydrogen (secondary N) is 2. The van der Waals surface area contributed by atoms with Gasteiger partial charge in [-0.1, -0.05) is 6.92 Å². The molecule has 1 aliphatic heterocycles. The SMILES string of the molecule is CCN1CCC(CNC2CC(NC(=O)OC(C)(C)C)C2)CC1. The normalized spacial score (nSPS) is 27.3. The topological polar surface area (TPSA) is 53.6 Å². The first kappa shape index (κ1) is 17.5. The van der Waals surface area contributed by atoms with Crippen LogP contribution in [0.15, 0.2) is 0 Å². The van der Waals surface area contributed by atoms with Crippen molar-refractivity contribution in [1.29, 1.82) is 0 Å². The Balaban J connectivity index is 1.54. The molecule has 22 heavy (non-hydrogen) atoms. The maximum absolute atomic E-state index is 11.7. The smallest absolute Gasteiger partial charge is 0.407 e. The summed E-state index contributed by atoms with van der Waals surface area (Å²) in [4.78, 5) is 14.2. The van der Waals surface area contributed by atoms with Crippen LogP contribution in [0.4, 0.5) is 4.79 Å². The van der Waals surface area contributed by atoms with E-state index in [2.05, 4.69) is 22.5 Å². The lowest BCUT2D eigenvalue weighted by Crippen LogP contribution is -2.54. The van der Waals surface area contributed by atoms with Crippen molar-refractivity contribution < 1.29 is 9.53 Å². The van der Waals surface area contributed by atoms with Crippen LogP contribution in [0.1, 0.15) is 53.4 Å². The predicted octanol–water partition coefficient (Wildman–Crippen LogP) is 2.36. The zero-order valence-electron chi connectivity index (χ0n) is 14.7. The molecule has 0 aromatic rings. The highest BCUT2D eigenvalue weighted by Gasteiger charge is 2.32. The summed E-state index contributed by atoms with van der Waals surface area (Å²) < 4.78 is 5.28.